The van der Waals surface area contributed by atoms with Crippen molar-refractivity contribution in [3.8, 4) is 0 Å². The van der Waals surface area contributed by atoms with Crippen molar-refractivity contribution in [1.82, 2.24) is 9.97 Å². The van der Waals surface area contributed by atoms with Gasteiger partial charge in [-0.2, -0.15) is 0 Å². The molecule has 0 amide bonds. The van der Waals surface area contributed by atoms with Gasteiger partial charge in [0.1, 0.15) is 11.5 Å². The molecule has 1 heterocycles. The van der Waals surface area contributed by atoms with Crippen molar-refractivity contribution in [3.05, 3.63) is 23.3 Å². The fraction of sp³-hybridized carbons (Fsp3) is 0.375. The minimum Gasteiger partial charge on any atom is -0.280 e. The Morgan fingerprint density at radius 3 is 2.83 bits per heavy atom. The first-order valence-corrected chi connectivity index (χ1v) is 4.15. The molecule has 0 unspecified atom stereocenters. The van der Waals surface area contributed by atoms with Gasteiger partial charge >= 0.3 is 0 Å². The molecule has 1 aromatic heterocycles. The van der Waals surface area contributed by atoms with Crippen LogP contribution in [0.4, 0.5) is 0 Å². The van der Waals surface area contributed by atoms with Crippen LogP contribution in [0.25, 0.3) is 0 Å². The van der Waals surface area contributed by atoms with Crippen LogP contribution < -0.4 is 0 Å². The molecule has 0 aliphatic carbocycles. The van der Waals surface area contributed by atoms with Crippen LogP contribution in [0.5, 0.6) is 0 Å². The average Bonchev–Trinajstić information content (AvgIpc) is 2.05. The number of hydrogen-bond donors (Lipinski definition) is 1. The van der Waals surface area contributed by atoms with E-state index in [0.717, 1.165) is 12.0 Å². The summed E-state index contributed by atoms with van der Waals surface area (Å²) in [5, 5.41) is -0.301. The van der Waals surface area contributed by atoms with Crippen molar-refractivity contribution in [2.24, 2.45) is 0 Å². The summed E-state index contributed by atoms with van der Waals surface area (Å²) in [6.45, 7) is 3.74. The quantitative estimate of drug-likeness (QED) is 0.703. The molecule has 0 spiro atoms. The van der Waals surface area contributed by atoms with Crippen molar-refractivity contribution >= 4 is 17.7 Å². The molecule has 64 valence electrons. The summed E-state index contributed by atoms with van der Waals surface area (Å²) in [7, 11) is 0. The predicted molar refractivity (Wildman–Crippen MR) is 49.5 cm³/mol. The Bertz CT molecular complexity index is 312. The zero-order valence-corrected chi connectivity index (χ0v) is 7.93. The Morgan fingerprint density at radius 2 is 2.33 bits per heavy atom. The van der Waals surface area contributed by atoms with Gasteiger partial charge in [0.15, 0.2) is 0 Å². The van der Waals surface area contributed by atoms with Gasteiger partial charge in [0.05, 0.1) is 0 Å². The van der Waals surface area contributed by atoms with Crippen LogP contribution in [0, 0.1) is 6.92 Å². The molecule has 3 nitrogen and oxygen atoms in total. The highest BCUT2D eigenvalue weighted by atomic mass is 32.1. The van der Waals surface area contributed by atoms with Crippen LogP contribution >= 0.6 is 12.6 Å². The SMILES string of the molecule is CCc1ncc(C)c(C(=O)S)n1. The minimum atomic E-state index is -0.301. The van der Waals surface area contributed by atoms with E-state index >= 15 is 0 Å². The molecule has 12 heavy (non-hydrogen) atoms. The number of carbonyl (C=O) groups is 1. The molecule has 0 saturated heterocycles. The number of aryl methyl sites for hydroxylation is 2. The van der Waals surface area contributed by atoms with E-state index in [4.69, 9.17) is 0 Å². The lowest BCUT2D eigenvalue weighted by atomic mass is 10.2. The summed E-state index contributed by atoms with van der Waals surface area (Å²) in [5.41, 5.74) is 1.18. The molecule has 4 heteroatoms. The molecule has 0 radical (unpaired) electrons. The maximum absolute atomic E-state index is 10.9. The fourth-order valence-corrected chi connectivity index (χ4v) is 1.09. The van der Waals surface area contributed by atoms with Crippen LogP contribution in [-0.2, 0) is 6.42 Å². The lowest BCUT2D eigenvalue weighted by Crippen LogP contribution is -2.03. The van der Waals surface area contributed by atoms with Crippen molar-refractivity contribution in [1.29, 1.82) is 0 Å². The first-order valence-electron chi connectivity index (χ1n) is 3.71. The van der Waals surface area contributed by atoms with Gasteiger partial charge in [-0.05, 0) is 12.5 Å². The number of aromatic nitrogens is 2. The van der Waals surface area contributed by atoms with Gasteiger partial charge < -0.3 is 0 Å². The molecule has 0 aliphatic rings. The van der Waals surface area contributed by atoms with E-state index in [0.29, 0.717) is 11.5 Å². The molecule has 0 fully saturated rings. The van der Waals surface area contributed by atoms with Crippen LogP contribution in [0.1, 0.15) is 28.8 Å². The van der Waals surface area contributed by atoms with Crippen molar-refractivity contribution in [2.45, 2.75) is 20.3 Å². The van der Waals surface area contributed by atoms with E-state index in [9.17, 15) is 4.79 Å². The van der Waals surface area contributed by atoms with E-state index in [1.54, 1.807) is 13.1 Å². The minimum absolute atomic E-state index is 0.301. The first kappa shape index (κ1) is 9.19. The first-order chi connectivity index (χ1) is 5.65. The van der Waals surface area contributed by atoms with Crippen LogP contribution in [0.3, 0.4) is 0 Å². The number of hydrogen-bond acceptors (Lipinski definition) is 3. The predicted octanol–water partition coefficient (Wildman–Crippen LogP) is 1.42. The normalized spacial score (nSPS) is 9.92. The summed E-state index contributed by atoms with van der Waals surface area (Å²) in [6, 6.07) is 0. The summed E-state index contributed by atoms with van der Waals surface area (Å²) >= 11 is 3.71. The number of thiol groups is 1. The number of carbonyl (C=O) groups excluding carboxylic acids is 1. The van der Waals surface area contributed by atoms with Gasteiger partial charge in [0.25, 0.3) is 0 Å². The second-order valence-corrected chi connectivity index (χ2v) is 2.88. The Balaban J connectivity index is 3.17. The molecular weight excluding hydrogens is 172 g/mol. The van der Waals surface area contributed by atoms with Gasteiger partial charge in [0.2, 0.25) is 5.12 Å². The summed E-state index contributed by atoms with van der Waals surface area (Å²) in [5.74, 6) is 0.679. The smallest absolute Gasteiger partial charge is 0.235 e. The molecule has 0 saturated carbocycles. The number of rotatable bonds is 2. The Hall–Kier alpha value is -0.900. The fourth-order valence-electron chi connectivity index (χ4n) is 0.865. The monoisotopic (exact) mass is 182 g/mol. The van der Waals surface area contributed by atoms with Crippen LogP contribution in [0.15, 0.2) is 6.20 Å². The maximum atomic E-state index is 10.9. The molecule has 0 bridgehead atoms. The largest absolute Gasteiger partial charge is 0.280 e. The topological polar surface area (TPSA) is 42.9 Å². The van der Waals surface area contributed by atoms with Gasteiger partial charge in [-0.15, -0.1) is 0 Å². The third-order valence-electron chi connectivity index (χ3n) is 1.54. The highest BCUT2D eigenvalue weighted by Crippen LogP contribution is 2.06. The number of nitrogens with zero attached hydrogens (tertiary/aromatic N) is 2. The van der Waals surface area contributed by atoms with Crippen LogP contribution in [-0.4, -0.2) is 15.1 Å². The van der Waals surface area contributed by atoms with Crippen molar-refractivity contribution in [2.75, 3.05) is 0 Å². The summed E-state index contributed by atoms with van der Waals surface area (Å²) < 4.78 is 0. The average molecular weight is 182 g/mol. The van der Waals surface area contributed by atoms with E-state index < -0.39 is 0 Å². The van der Waals surface area contributed by atoms with Gasteiger partial charge in [-0.1, -0.05) is 19.6 Å². The zero-order chi connectivity index (χ0) is 9.14. The van der Waals surface area contributed by atoms with Gasteiger partial charge in [0, 0.05) is 12.6 Å². The van der Waals surface area contributed by atoms with E-state index in [-0.39, 0.29) is 5.12 Å². The van der Waals surface area contributed by atoms with E-state index in [1.165, 1.54) is 0 Å². The third kappa shape index (κ3) is 1.82. The second kappa shape index (κ2) is 3.67. The molecule has 0 atom stereocenters. The summed E-state index contributed by atoms with van der Waals surface area (Å²) in [6.07, 6.45) is 2.38. The lowest BCUT2D eigenvalue weighted by molar-refractivity contribution is 0.108. The highest BCUT2D eigenvalue weighted by molar-refractivity contribution is 7.97. The lowest BCUT2D eigenvalue weighted by Gasteiger charge is -2.00. The molecule has 0 N–H and O–H groups in total. The Labute approximate surface area is 76.6 Å². The molecule has 1 rings (SSSR count). The summed E-state index contributed by atoms with van der Waals surface area (Å²) in [4.78, 5) is 19.0. The zero-order valence-electron chi connectivity index (χ0n) is 7.03. The van der Waals surface area contributed by atoms with Crippen molar-refractivity contribution < 1.29 is 4.79 Å². The van der Waals surface area contributed by atoms with Gasteiger partial charge in [-0.25, -0.2) is 9.97 Å². The van der Waals surface area contributed by atoms with Crippen LogP contribution in [0.2, 0.25) is 0 Å². The molecule has 1 aromatic rings. The molecule has 0 aliphatic heterocycles. The molecule has 0 aromatic carbocycles. The van der Waals surface area contributed by atoms with Gasteiger partial charge in [-0.3, -0.25) is 4.79 Å². The Kier molecular flexibility index (Phi) is 2.81. The van der Waals surface area contributed by atoms with E-state index in [2.05, 4.69) is 22.6 Å². The Morgan fingerprint density at radius 1 is 1.67 bits per heavy atom. The third-order valence-corrected chi connectivity index (χ3v) is 1.75. The van der Waals surface area contributed by atoms with Crippen molar-refractivity contribution in [3.63, 3.8) is 0 Å². The maximum Gasteiger partial charge on any atom is 0.235 e. The van der Waals surface area contributed by atoms with E-state index in [1.807, 2.05) is 6.92 Å². The standard InChI is InChI=1S/C8H10N2OS/c1-3-6-9-4-5(2)7(10-6)8(11)12/h4H,3H2,1-2H3,(H,11,12). The molecular formula is C8H10N2OS. The highest BCUT2D eigenvalue weighted by Gasteiger charge is 2.07. The second-order valence-electron chi connectivity index (χ2n) is 2.48.